The van der Waals surface area contributed by atoms with Crippen LogP contribution in [0.5, 0.6) is 0 Å². The van der Waals surface area contributed by atoms with E-state index in [-0.39, 0.29) is 30.4 Å². The number of amides is 2. The molecule has 0 radical (unpaired) electrons. The predicted octanol–water partition coefficient (Wildman–Crippen LogP) is 3.77. The zero-order valence-electron chi connectivity index (χ0n) is 39.9. The summed E-state index contributed by atoms with van der Waals surface area (Å²) in [4.78, 5) is 71.3. The molecule has 0 aromatic heterocycles. The van der Waals surface area contributed by atoms with Crippen LogP contribution in [0.25, 0.3) is 0 Å². The molecule has 17 nitrogen and oxygen atoms in total. The van der Waals surface area contributed by atoms with E-state index in [2.05, 4.69) is 10.2 Å². The fourth-order valence-electron chi connectivity index (χ4n) is 11.6. The Bertz CT molecular complexity index is 2050. The molecule has 6 aliphatic rings. The number of carbonyl (C=O) groups excluding carboxylic acids is 5. The van der Waals surface area contributed by atoms with Crippen molar-refractivity contribution in [2.75, 3.05) is 40.3 Å². The summed E-state index contributed by atoms with van der Waals surface area (Å²) in [7, 11) is 3.46. The molecule has 3 saturated heterocycles. The van der Waals surface area contributed by atoms with E-state index >= 15 is 0 Å². The van der Waals surface area contributed by atoms with Crippen LogP contribution in [-0.2, 0) is 47.5 Å². The number of nitrogens with one attached hydrogen (secondary N) is 1. The Kier molecular flexibility index (Phi) is 13.1. The van der Waals surface area contributed by atoms with Gasteiger partial charge in [-0.3, -0.25) is 14.5 Å². The summed E-state index contributed by atoms with van der Waals surface area (Å²) >= 11 is 0. The molecule has 17 heteroatoms. The van der Waals surface area contributed by atoms with Crippen LogP contribution in [0.3, 0.4) is 0 Å². The molecule has 3 heterocycles. The zero-order valence-corrected chi connectivity index (χ0v) is 39.9. The molecule has 3 N–H and O–H groups in total. The van der Waals surface area contributed by atoms with E-state index in [4.69, 9.17) is 33.2 Å². The van der Waals surface area contributed by atoms with Crippen LogP contribution in [0.15, 0.2) is 41.5 Å². The minimum absolute atomic E-state index is 0.0351. The van der Waals surface area contributed by atoms with E-state index in [1.807, 2.05) is 20.8 Å². The number of nitrogens with zero attached hydrogens (tertiary/aromatic N) is 2. The lowest BCUT2D eigenvalue weighted by molar-refractivity contribution is -0.345. The lowest BCUT2D eigenvalue weighted by atomic mass is 9.45. The van der Waals surface area contributed by atoms with Gasteiger partial charge in [0, 0.05) is 57.9 Å². The van der Waals surface area contributed by atoms with Gasteiger partial charge in [0.15, 0.2) is 18.0 Å². The van der Waals surface area contributed by atoms with Crippen molar-refractivity contribution in [3.8, 4) is 0 Å². The van der Waals surface area contributed by atoms with E-state index < -0.39 is 112 Å². The normalized spacial score (nSPS) is 35.0. The van der Waals surface area contributed by atoms with E-state index in [1.165, 1.54) is 6.92 Å². The lowest BCUT2D eigenvalue weighted by Crippen LogP contribution is -2.79. The van der Waals surface area contributed by atoms with Crippen molar-refractivity contribution in [1.29, 1.82) is 0 Å². The van der Waals surface area contributed by atoms with Crippen molar-refractivity contribution in [3.63, 3.8) is 0 Å². The maximum Gasteiger partial charge on any atom is 0.407 e. The highest BCUT2D eigenvalue weighted by Crippen LogP contribution is 2.66. The van der Waals surface area contributed by atoms with Crippen LogP contribution in [0.4, 0.5) is 4.79 Å². The number of hydrogen-bond donors (Lipinski definition) is 3. The summed E-state index contributed by atoms with van der Waals surface area (Å²) in [5.41, 5.74) is -5.29. The number of rotatable bonds is 11. The van der Waals surface area contributed by atoms with E-state index in [9.17, 15) is 34.2 Å². The Labute approximate surface area is 381 Å². The largest absolute Gasteiger partial charge is 0.456 e. The second-order valence-corrected chi connectivity index (χ2v) is 21.4. The summed E-state index contributed by atoms with van der Waals surface area (Å²) in [6, 6.07) is 7.27. The average molecular weight is 912 g/mol. The van der Waals surface area contributed by atoms with Crippen molar-refractivity contribution >= 4 is 29.9 Å². The van der Waals surface area contributed by atoms with Crippen LogP contribution >= 0.6 is 0 Å². The topological polar surface area (TPSA) is 209 Å². The average Bonchev–Trinajstić information content (AvgIpc) is 3.60. The molecule has 360 valence electrons. The van der Waals surface area contributed by atoms with Gasteiger partial charge in [-0.15, -0.1) is 0 Å². The molecule has 12 atom stereocenters. The van der Waals surface area contributed by atoms with Gasteiger partial charge in [-0.1, -0.05) is 52.8 Å². The molecule has 0 spiro atoms. The number of fused-ring (bicyclic) bond motifs is 8. The van der Waals surface area contributed by atoms with E-state index in [1.54, 1.807) is 90.9 Å². The van der Waals surface area contributed by atoms with Crippen LogP contribution in [0, 0.1) is 28.6 Å². The quantitative estimate of drug-likeness (QED) is 0.164. The van der Waals surface area contributed by atoms with Gasteiger partial charge in [-0.25, -0.2) is 14.4 Å². The molecule has 1 aromatic rings. The minimum Gasteiger partial charge on any atom is -0.456 e. The minimum atomic E-state index is -2.07. The standard InChI is InChI=1S/C48H69N3O14/c1-25(2)34(49-43(57)65-44(5,6)7)35(53)42(56)60-30-20-48(58)39(63-41(55)28-16-14-13-15-17-28)37-46(10,19-18-31-47(37,24-59-31)64-27(4)52)38-36(33(26(30)3)45(48,8)9)61-32(62-38)23-51-21-29(22-51)40(54)50(11)12/h13-17,25,29-32,34-39,53,58H,18-24H2,1-12H3,(H,49,57)/t30-,31+,32+,34-,35+,36+,37-,38+,39-,46+,47-,48+/m0/s1. The van der Waals surface area contributed by atoms with E-state index in [0.717, 1.165) is 0 Å². The number of ether oxygens (including phenoxy) is 7. The van der Waals surface area contributed by atoms with Gasteiger partial charge in [0.2, 0.25) is 5.91 Å². The molecule has 7 rings (SSSR count). The molecule has 3 aliphatic heterocycles. The number of aliphatic hydroxyl groups excluding tert-OH is 1. The number of likely N-dealkylation sites (tertiary alicyclic amines) is 1. The SMILES string of the molecule is CC(=O)O[C@@]12CO[C@@H]1CC[C@@]1(C)[C@@H]3O[C@H](CN4CC(C(=O)N(C)C)C4)O[C@@H]3C3=C(C)[C@@H](OC(=O)[C@H](O)[C@@H](NC(=O)OC(C)(C)C)C(C)C)C[C@@](O)([C@@H](OC(=O)c4ccccc4)[C@@H]12)C3(C)C. The predicted molar refractivity (Wildman–Crippen MR) is 233 cm³/mol. The second-order valence-electron chi connectivity index (χ2n) is 21.4. The molecule has 1 aromatic carbocycles. The van der Waals surface area contributed by atoms with Gasteiger partial charge < -0.3 is 53.6 Å². The number of esters is 3. The van der Waals surface area contributed by atoms with E-state index in [0.29, 0.717) is 43.6 Å². The van der Waals surface area contributed by atoms with Gasteiger partial charge in [0.1, 0.15) is 35.6 Å². The highest BCUT2D eigenvalue weighted by Gasteiger charge is 2.77. The summed E-state index contributed by atoms with van der Waals surface area (Å²) < 4.78 is 45.0. The van der Waals surface area contributed by atoms with Crippen molar-refractivity contribution < 1.29 is 67.3 Å². The highest BCUT2D eigenvalue weighted by atomic mass is 16.7. The number of alkyl carbamates (subject to hydrolysis) is 1. The summed E-state index contributed by atoms with van der Waals surface area (Å²) in [6.07, 6.45) is -7.82. The van der Waals surface area contributed by atoms with Gasteiger partial charge in [0.25, 0.3) is 0 Å². The molecule has 5 fully saturated rings. The van der Waals surface area contributed by atoms with Crippen molar-refractivity contribution in [1.82, 2.24) is 15.1 Å². The van der Waals surface area contributed by atoms with Gasteiger partial charge >= 0.3 is 24.0 Å². The van der Waals surface area contributed by atoms with Crippen LogP contribution in [0.1, 0.15) is 98.9 Å². The Morgan fingerprint density at radius 2 is 1.68 bits per heavy atom. The highest BCUT2D eigenvalue weighted by molar-refractivity contribution is 5.89. The Morgan fingerprint density at radius 1 is 1.02 bits per heavy atom. The third-order valence-electron chi connectivity index (χ3n) is 15.0. The van der Waals surface area contributed by atoms with Gasteiger partial charge in [0.05, 0.1) is 36.2 Å². The summed E-state index contributed by atoms with van der Waals surface area (Å²) in [5, 5.41) is 28.2. The maximum atomic E-state index is 14.5. The van der Waals surface area contributed by atoms with Crippen molar-refractivity contribution in [3.05, 3.63) is 47.0 Å². The molecule has 0 unspecified atom stereocenters. The van der Waals surface area contributed by atoms with Crippen molar-refractivity contribution in [2.24, 2.45) is 28.6 Å². The summed E-state index contributed by atoms with van der Waals surface area (Å²) in [5.74, 6) is -3.92. The molecule has 2 saturated carbocycles. The van der Waals surface area contributed by atoms with Crippen molar-refractivity contribution in [2.45, 2.75) is 154 Å². The Hall–Kier alpha value is -4.13. The maximum absolute atomic E-state index is 14.5. The molecular formula is C48H69N3O14. The first-order valence-corrected chi connectivity index (χ1v) is 22.9. The fraction of sp³-hybridized carbons (Fsp3) is 0.729. The molecule has 2 amide bonds. The van der Waals surface area contributed by atoms with Crippen LogP contribution in [-0.4, -0.2) is 156 Å². The molecular weight excluding hydrogens is 843 g/mol. The van der Waals surface area contributed by atoms with Crippen LogP contribution < -0.4 is 5.32 Å². The number of aliphatic hydroxyl groups is 2. The third-order valence-corrected chi connectivity index (χ3v) is 15.0. The monoisotopic (exact) mass is 911 g/mol. The molecule has 2 bridgehead atoms. The summed E-state index contributed by atoms with van der Waals surface area (Å²) in [6.45, 7) is 18.6. The first kappa shape index (κ1) is 48.8. The smallest absolute Gasteiger partial charge is 0.407 e. The first-order chi connectivity index (χ1) is 30.2. The Balaban J connectivity index is 1.35. The molecule has 3 aliphatic carbocycles. The number of hydrogen-bond acceptors (Lipinski definition) is 15. The number of benzene rings is 1. The number of carbonyl (C=O) groups is 5. The zero-order chi connectivity index (χ0) is 47.8. The second kappa shape index (κ2) is 17.5. The Morgan fingerprint density at radius 3 is 2.25 bits per heavy atom. The van der Waals surface area contributed by atoms with Gasteiger partial charge in [-0.2, -0.15) is 0 Å². The first-order valence-electron chi connectivity index (χ1n) is 22.9. The fourth-order valence-corrected chi connectivity index (χ4v) is 11.6. The molecule has 65 heavy (non-hydrogen) atoms. The van der Waals surface area contributed by atoms with Gasteiger partial charge in [-0.05, 0) is 69.7 Å². The third kappa shape index (κ3) is 8.69. The lowest BCUT2D eigenvalue weighted by Gasteiger charge is -2.68. The van der Waals surface area contributed by atoms with Crippen LogP contribution in [0.2, 0.25) is 0 Å².